The first-order valence-electron chi connectivity index (χ1n) is 13.9. The normalized spacial score (nSPS) is 11.6. The van der Waals surface area contributed by atoms with Crippen LogP contribution in [0.2, 0.25) is 0 Å². The highest BCUT2D eigenvalue weighted by Crippen LogP contribution is 2.32. The minimum absolute atomic E-state index is 0.943. The number of fused-ring (bicyclic) bond motifs is 3. The molecule has 0 aliphatic heterocycles. The number of hydrogen-bond acceptors (Lipinski definition) is 1. The molecule has 0 saturated carbocycles. The second-order valence-corrected chi connectivity index (χ2v) is 9.86. The van der Waals surface area contributed by atoms with Crippen molar-refractivity contribution in [1.82, 2.24) is 4.57 Å². The summed E-state index contributed by atoms with van der Waals surface area (Å²) in [4.78, 5) is 0. The van der Waals surface area contributed by atoms with Crippen LogP contribution in [-0.4, -0.2) is 11.7 Å². The van der Waals surface area contributed by atoms with Gasteiger partial charge in [-0.3, -0.25) is 0 Å². The fraction of sp³-hybridized carbons (Fsp3) is 0.613. The van der Waals surface area contributed by atoms with Crippen molar-refractivity contribution in [2.45, 2.75) is 116 Å². The van der Waals surface area contributed by atoms with Crippen molar-refractivity contribution in [3.8, 4) is 5.75 Å². The summed E-state index contributed by atoms with van der Waals surface area (Å²) in [5.74, 6) is 0.943. The molecule has 0 unspecified atom stereocenters. The van der Waals surface area contributed by atoms with Crippen LogP contribution in [0.4, 0.5) is 0 Å². The van der Waals surface area contributed by atoms with E-state index in [4.69, 9.17) is 4.74 Å². The predicted molar refractivity (Wildman–Crippen MR) is 146 cm³/mol. The standard InChI is InChI=1S/C31H47NO/c1-3-4-5-6-7-8-9-10-11-12-13-14-15-16-17-20-25-32-30-22-19-18-21-28(30)29-24-23-27(33-2)26-31(29)32/h18-19,21-24,26H,3-17,20,25H2,1-2H3. The molecule has 0 saturated heterocycles. The third kappa shape index (κ3) is 8.09. The van der Waals surface area contributed by atoms with Crippen molar-refractivity contribution < 1.29 is 4.74 Å². The van der Waals surface area contributed by atoms with Gasteiger partial charge in [-0.15, -0.1) is 0 Å². The molecule has 0 spiro atoms. The number of ether oxygens (including phenoxy) is 1. The van der Waals surface area contributed by atoms with Gasteiger partial charge in [-0.25, -0.2) is 0 Å². The molecular formula is C31H47NO. The molecule has 1 heterocycles. The fourth-order valence-corrected chi connectivity index (χ4v) is 5.21. The first-order valence-corrected chi connectivity index (χ1v) is 13.9. The molecule has 3 aromatic rings. The van der Waals surface area contributed by atoms with Crippen LogP contribution < -0.4 is 4.74 Å². The van der Waals surface area contributed by atoms with E-state index >= 15 is 0 Å². The van der Waals surface area contributed by atoms with E-state index < -0.39 is 0 Å². The Kier molecular flexibility index (Phi) is 11.7. The van der Waals surface area contributed by atoms with Crippen molar-refractivity contribution in [3.05, 3.63) is 42.5 Å². The molecular weight excluding hydrogens is 402 g/mol. The van der Waals surface area contributed by atoms with Crippen LogP contribution in [0.25, 0.3) is 21.8 Å². The molecule has 0 radical (unpaired) electrons. The smallest absolute Gasteiger partial charge is 0.120 e. The molecule has 0 fully saturated rings. The lowest BCUT2D eigenvalue weighted by Crippen LogP contribution is -1.98. The molecule has 2 nitrogen and oxygen atoms in total. The zero-order valence-electron chi connectivity index (χ0n) is 21.4. The van der Waals surface area contributed by atoms with Crippen LogP contribution in [0, 0.1) is 0 Å². The van der Waals surface area contributed by atoms with E-state index in [1.54, 1.807) is 7.11 Å². The second kappa shape index (κ2) is 15.0. The molecule has 1 aromatic heterocycles. The van der Waals surface area contributed by atoms with E-state index in [2.05, 4.69) is 54.0 Å². The van der Waals surface area contributed by atoms with Gasteiger partial charge in [-0.05, 0) is 24.6 Å². The van der Waals surface area contributed by atoms with Crippen molar-refractivity contribution in [1.29, 1.82) is 0 Å². The van der Waals surface area contributed by atoms with Gasteiger partial charge in [-0.2, -0.15) is 0 Å². The van der Waals surface area contributed by atoms with Gasteiger partial charge in [0.2, 0.25) is 0 Å². The second-order valence-electron chi connectivity index (χ2n) is 9.86. The lowest BCUT2D eigenvalue weighted by molar-refractivity contribution is 0.415. The summed E-state index contributed by atoms with van der Waals surface area (Å²) < 4.78 is 7.99. The maximum Gasteiger partial charge on any atom is 0.120 e. The maximum atomic E-state index is 5.49. The molecule has 182 valence electrons. The number of methoxy groups -OCH3 is 1. The van der Waals surface area contributed by atoms with E-state index in [9.17, 15) is 0 Å². The largest absolute Gasteiger partial charge is 0.497 e. The van der Waals surface area contributed by atoms with Gasteiger partial charge in [0.05, 0.1) is 12.6 Å². The molecule has 0 atom stereocenters. The first kappa shape index (κ1) is 25.7. The van der Waals surface area contributed by atoms with Crippen molar-refractivity contribution in [2.24, 2.45) is 0 Å². The SMILES string of the molecule is CCCCCCCCCCCCCCCCCCn1c2ccccc2c2ccc(OC)cc21. The molecule has 0 aliphatic rings. The Bertz CT molecular complexity index is 925. The quantitative estimate of drug-likeness (QED) is 0.176. The van der Waals surface area contributed by atoms with Gasteiger partial charge < -0.3 is 9.30 Å². The number of rotatable bonds is 18. The number of aryl methyl sites for hydroxylation is 1. The molecule has 0 bridgehead atoms. The molecule has 0 amide bonds. The van der Waals surface area contributed by atoms with E-state index in [1.807, 2.05) is 0 Å². The summed E-state index contributed by atoms with van der Waals surface area (Å²) in [6, 6.07) is 15.3. The van der Waals surface area contributed by atoms with E-state index in [-0.39, 0.29) is 0 Å². The number of hydrogen-bond donors (Lipinski definition) is 0. The Hall–Kier alpha value is -1.96. The summed E-state index contributed by atoms with van der Waals surface area (Å²) in [6.07, 6.45) is 22.6. The van der Waals surface area contributed by atoms with Gasteiger partial charge in [-0.1, -0.05) is 121 Å². The van der Waals surface area contributed by atoms with Crippen LogP contribution in [-0.2, 0) is 6.54 Å². The summed E-state index contributed by atoms with van der Waals surface area (Å²) in [5.41, 5.74) is 2.65. The highest BCUT2D eigenvalue weighted by atomic mass is 16.5. The van der Waals surface area contributed by atoms with Crippen molar-refractivity contribution in [3.63, 3.8) is 0 Å². The zero-order valence-corrected chi connectivity index (χ0v) is 21.4. The Morgan fingerprint density at radius 3 is 1.67 bits per heavy atom. The molecule has 2 heteroatoms. The zero-order chi connectivity index (χ0) is 23.1. The van der Waals surface area contributed by atoms with E-state index in [0.29, 0.717) is 0 Å². The fourth-order valence-electron chi connectivity index (χ4n) is 5.21. The molecule has 3 rings (SSSR count). The van der Waals surface area contributed by atoms with Gasteiger partial charge >= 0.3 is 0 Å². The Labute approximate surface area is 202 Å². The van der Waals surface area contributed by atoms with E-state index in [0.717, 1.165) is 12.3 Å². The molecule has 0 aliphatic carbocycles. The molecule has 0 N–H and O–H groups in total. The third-order valence-corrected chi connectivity index (χ3v) is 7.22. The number of nitrogens with zero attached hydrogens (tertiary/aromatic N) is 1. The minimum atomic E-state index is 0.943. The van der Waals surface area contributed by atoms with Gasteiger partial charge in [0, 0.05) is 28.9 Å². The van der Waals surface area contributed by atoms with Crippen LogP contribution in [0.15, 0.2) is 42.5 Å². The Morgan fingerprint density at radius 1 is 0.576 bits per heavy atom. The maximum absolute atomic E-state index is 5.49. The monoisotopic (exact) mass is 449 g/mol. The van der Waals surface area contributed by atoms with Crippen LogP contribution in [0.5, 0.6) is 5.75 Å². The first-order chi connectivity index (χ1) is 16.3. The minimum Gasteiger partial charge on any atom is -0.497 e. The van der Waals surface area contributed by atoms with E-state index in [1.165, 1.54) is 125 Å². The van der Waals surface area contributed by atoms with Gasteiger partial charge in [0.25, 0.3) is 0 Å². The van der Waals surface area contributed by atoms with Crippen molar-refractivity contribution >= 4 is 21.8 Å². The van der Waals surface area contributed by atoms with Crippen LogP contribution >= 0.6 is 0 Å². The summed E-state index contributed by atoms with van der Waals surface area (Å²) >= 11 is 0. The average molecular weight is 450 g/mol. The average Bonchev–Trinajstić information content (AvgIpc) is 3.16. The topological polar surface area (TPSA) is 14.2 Å². The number of aromatic nitrogens is 1. The summed E-state index contributed by atoms with van der Waals surface area (Å²) in [7, 11) is 1.75. The Morgan fingerprint density at radius 2 is 1.09 bits per heavy atom. The highest BCUT2D eigenvalue weighted by molar-refractivity contribution is 6.08. The van der Waals surface area contributed by atoms with Crippen LogP contribution in [0.3, 0.4) is 0 Å². The van der Waals surface area contributed by atoms with Gasteiger partial charge in [0.1, 0.15) is 5.75 Å². The lowest BCUT2D eigenvalue weighted by atomic mass is 10.0. The van der Waals surface area contributed by atoms with Gasteiger partial charge in [0.15, 0.2) is 0 Å². The summed E-state index contributed by atoms with van der Waals surface area (Å²) in [5, 5.41) is 2.69. The predicted octanol–water partition coefficient (Wildman–Crippen LogP) is 10.1. The number of benzene rings is 2. The lowest BCUT2D eigenvalue weighted by Gasteiger charge is -2.08. The number of unbranched alkanes of at least 4 members (excludes halogenated alkanes) is 15. The summed E-state index contributed by atoms with van der Waals surface area (Å²) in [6.45, 7) is 3.39. The molecule has 2 aromatic carbocycles. The molecule has 33 heavy (non-hydrogen) atoms. The third-order valence-electron chi connectivity index (χ3n) is 7.22. The van der Waals surface area contributed by atoms with Crippen LogP contribution in [0.1, 0.15) is 110 Å². The highest BCUT2D eigenvalue weighted by Gasteiger charge is 2.10. The Balaban J connectivity index is 1.27. The number of para-hydroxylation sites is 1. The van der Waals surface area contributed by atoms with Crippen molar-refractivity contribution in [2.75, 3.05) is 7.11 Å².